The zero-order valence-corrected chi connectivity index (χ0v) is 14.6. The van der Waals surface area contributed by atoms with Gasteiger partial charge >= 0.3 is 0 Å². The first-order valence-corrected chi connectivity index (χ1v) is 8.22. The Labute approximate surface area is 129 Å². The maximum atomic E-state index is 4.32. The third-order valence-corrected chi connectivity index (χ3v) is 5.24. The summed E-state index contributed by atoms with van der Waals surface area (Å²) in [5.41, 5.74) is 0.564. The minimum absolute atomic E-state index is 0.260. The quantitative estimate of drug-likeness (QED) is 0.926. The number of nitrogens with zero attached hydrogens (tertiary/aromatic N) is 3. The second kappa shape index (κ2) is 6.09. The number of nitrogens with one attached hydrogen (secondary N) is 1. The molecule has 1 aromatic heterocycles. The summed E-state index contributed by atoms with van der Waals surface area (Å²) in [6.45, 7) is 18.1. The highest BCUT2D eigenvalue weighted by molar-refractivity contribution is 4.99. The van der Waals surface area contributed by atoms with Crippen LogP contribution in [0.2, 0.25) is 0 Å². The van der Waals surface area contributed by atoms with Crippen molar-refractivity contribution in [3.05, 3.63) is 18.2 Å². The van der Waals surface area contributed by atoms with Crippen LogP contribution in [0, 0.1) is 12.3 Å². The van der Waals surface area contributed by atoms with E-state index in [1.54, 1.807) is 0 Å². The Morgan fingerprint density at radius 1 is 1.38 bits per heavy atom. The van der Waals surface area contributed by atoms with Crippen molar-refractivity contribution in [2.24, 2.45) is 5.41 Å². The zero-order valence-electron chi connectivity index (χ0n) is 14.6. The number of aryl methyl sites for hydroxylation is 1. The Bertz CT molecular complexity index is 460. The molecule has 1 N–H and O–H groups in total. The average molecular weight is 292 g/mol. The second-order valence-corrected chi connectivity index (χ2v) is 7.76. The van der Waals surface area contributed by atoms with Crippen LogP contribution in [0.4, 0.5) is 0 Å². The van der Waals surface area contributed by atoms with E-state index in [0.717, 1.165) is 32.0 Å². The highest BCUT2D eigenvalue weighted by Crippen LogP contribution is 2.29. The fraction of sp³-hybridized carbons (Fsp3) is 0.824. The van der Waals surface area contributed by atoms with Gasteiger partial charge in [0, 0.05) is 50.2 Å². The topological polar surface area (TPSA) is 33.1 Å². The molecule has 2 heterocycles. The van der Waals surface area contributed by atoms with Crippen LogP contribution >= 0.6 is 0 Å². The molecule has 2 rings (SSSR count). The molecule has 1 fully saturated rings. The van der Waals surface area contributed by atoms with Gasteiger partial charge in [0.1, 0.15) is 5.82 Å². The van der Waals surface area contributed by atoms with Gasteiger partial charge < -0.3 is 9.88 Å². The van der Waals surface area contributed by atoms with Gasteiger partial charge in [0.25, 0.3) is 0 Å². The molecule has 0 amide bonds. The van der Waals surface area contributed by atoms with E-state index in [-0.39, 0.29) is 5.54 Å². The van der Waals surface area contributed by atoms with Crippen LogP contribution < -0.4 is 5.32 Å². The molecule has 4 heteroatoms. The molecule has 1 aromatic rings. The molecule has 0 radical (unpaired) electrons. The summed E-state index contributed by atoms with van der Waals surface area (Å²) in [4.78, 5) is 7.00. The Balaban J connectivity index is 2.06. The minimum atomic E-state index is 0.260. The summed E-state index contributed by atoms with van der Waals surface area (Å²) in [6, 6.07) is 0.556. The van der Waals surface area contributed by atoms with Crippen molar-refractivity contribution in [2.75, 3.05) is 19.6 Å². The number of hydrogen-bond acceptors (Lipinski definition) is 3. The van der Waals surface area contributed by atoms with Crippen LogP contribution in [0.3, 0.4) is 0 Å². The van der Waals surface area contributed by atoms with E-state index >= 15 is 0 Å². The van der Waals surface area contributed by atoms with E-state index in [4.69, 9.17) is 0 Å². The lowest BCUT2D eigenvalue weighted by Crippen LogP contribution is -2.66. The fourth-order valence-corrected chi connectivity index (χ4v) is 3.12. The van der Waals surface area contributed by atoms with Gasteiger partial charge in [0.2, 0.25) is 0 Å². The van der Waals surface area contributed by atoms with Gasteiger partial charge in [0.05, 0.1) is 0 Å². The van der Waals surface area contributed by atoms with Crippen molar-refractivity contribution < 1.29 is 0 Å². The highest BCUT2D eigenvalue weighted by Gasteiger charge is 2.39. The van der Waals surface area contributed by atoms with E-state index in [9.17, 15) is 0 Å². The monoisotopic (exact) mass is 292 g/mol. The summed E-state index contributed by atoms with van der Waals surface area (Å²) in [5.74, 6) is 1.11. The van der Waals surface area contributed by atoms with Crippen molar-refractivity contribution in [3.8, 4) is 0 Å². The number of imidazole rings is 1. The molecule has 2 unspecified atom stereocenters. The van der Waals surface area contributed by atoms with Crippen molar-refractivity contribution in [2.45, 2.75) is 66.1 Å². The van der Waals surface area contributed by atoms with Crippen molar-refractivity contribution in [1.29, 1.82) is 0 Å². The summed E-state index contributed by atoms with van der Waals surface area (Å²) in [6.07, 6.45) is 5.16. The Morgan fingerprint density at radius 3 is 2.62 bits per heavy atom. The fourth-order valence-electron chi connectivity index (χ4n) is 3.12. The minimum Gasteiger partial charge on any atom is -0.334 e. The van der Waals surface area contributed by atoms with Gasteiger partial charge in [-0.3, -0.25) is 4.90 Å². The molecule has 0 spiro atoms. The summed E-state index contributed by atoms with van der Waals surface area (Å²) >= 11 is 0. The van der Waals surface area contributed by atoms with Gasteiger partial charge in [-0.25, -0.2) is 4.98 Å². The molecule has 0 saturated carbocycles. The van der Waals surface area contributed by atoms with Gasteiger partial charge in [0.15, 0.2) is 0 Å². The maximum Gasteiger partial charge on any atom is 0.105 e. The molecule has 4 nitrogen and oxygen atoms in total. The van der Waals surface area contributed by atoms with E-state index in [2.05, 4.69) is 67.5 Å². The summed E-state index contributed by atoms with van der Waals surface area (Å²) in [7, 11) is 0. The zero-order chi connectivity index (χ0) is 15.7. The standard InChI is InChI=1S/C17H32N4/c1-7-17(6)13-19-15(16(3,4)5)12-21(17)11-10-20-9-8-18-14(20)2/h8-9,15,19H,7,10-13H2,1-6H3. The first-order valence-electron chi connectivity index (χ1n) is 8.22. The predicted molar refractivity (Wildman–Crippen MR) is 88.5 cm³/mol. The summed E-state index contributed by atoms with van der Waals surface area (Å²) < 4.78 is 2.25. The van der Waals surface area contributed by atoms with Crippen LogP contribution in [0.15, 0.2) is 12.4 Å². The number of rotatable bonds is 4. The maximum absolute atomic E-state index is 4.32. The third kappa shape index (κ3) is 3.67. The molecule has 2 atom stereocenters. The lowest BCUT2D eigenvalue weighted by Gasteiger charge is -2.51. The van der Waals surface area contributed by atoms with Crippen molar-refractivity contribution in [1.82, 2.24) is 19.8 Å². The van der Waals surface area contributed by atoms with Crippen LogP contribution in [0.1, 0.15) is 46.9 Å². The Hall–Kier alpha value is -0.870. The summed E-state index contributed by atoms with van der Waals surface area (Å²) in [5, 5.41) is 3.77. The van der Waals surface area contributed by atoms with E-state index < -0.39 is 0 Å². The normalized spacial score (nSPS) is 28.0. The highest BCUT2D eigenvalue weighted by atomic mass is 15.3. The predicted octanol–water partition coefficient (Wildman–Crippen LogP) is 2.68. The van der Waals surface area contributed by atoms with Gasteiger partial charge in [-0.05, 0) is 25.7 Å². The largest absolute Gasteiger partial charge is 0.334 e. The van der Waals surface area contributed by atoms with Crippen molar-refractivity contribution >= 4 is 0 Å². The first kappa shape index (κ1) is 16.5. The van der Waals surface area contributed by atoms with Crippen LogP contribution in [-0.2, 0) is 6.54 Å². The lowest BCUT2D eigenvalue weighted by atomic mass is 9.81. The molecular weight excluding hydrogens is 260 g/mol. The smallest absolute Gasteiger partial charge is 0.105 e. The Morgan fingerprint density at radius 2 is 2.10 bits per heavy atom. The van der Waals surface area contributed by atoms with Crippen LogP contribution in [-0.4, -0.2) is 45.7 Å². The molecule has 0 aromatic carbocycles. The molecule has 1 aliphatic heterocycles. The average Bonchev–Trinajstić information content (AvgIpc) is 2.82. The molecule has 0 bridgehead atoms. The first-order chi connectivity index (χ1) is 9.76. The molecule has 21 heavy (non-hydrogen) atoms. The lowest BCUT2D eigenvalue weighted by molar-refractivity contribution is 0.0196. The second-order valence-electron chi connectivity index (χ2n) is 7.76. The van der Waals surface area contributed by atoms with Crippen molar-refractivity contribution in [3.63, 3.8) is 0 Å². The van der Waals surface area contributed by atoms with E-state index in [1.807, 2.05) is 6.20 Å². The molecule has 120 valence electrons. The van der Waals surface area contributed by atoms with Gasteiger partial charge in [-0.15, -0.1) is 0 Å². The van der Waals surface area contributed by atoms with E-state index in [1.165, 1.54) is 6.42 Å². The van der Waals surface area contributed by atoms with Gasteiger partial charge in [-0.1, -0.05) is 27.7 Å². The molecule has 1 aliphatic rings. The Kier molecular flexibility index (Phi) is 4.79. The third-order valence-electron chi connectivity index (χ3n) is 5.24. The SMILES string of the molecule is CCC1(C)CNC(C(C)(C)C)CN1CCn1ccnc1C. The molecular formula is C17H32N4. The number of aromatic nitrogens is 2. The van der Waals surface area contributed by atoms with Gasteiger partial charge in [-0.2, -0.15) is 0 Å². The molecule has 0 aliphatic carbocycles. The van der Waals surface area contributed by atoms with Crippen LogP contribution in [0.25, 0.3) is 0 Å². The number of piperazine rings is 1. The van der Waals surface area contributed by atoms with Crippen LogP contribution in [0.5, 0.6) is 0 Å². The number of hydrogen-bond donors (Lipinski definition) is 1. The van der Waals surface area contributed by atoms with E-state index in [0.29, 0.717) is 11.5 Å². The molecule has 1 saturated heterocycles.